The first-order chi connectivity index (χ1) is 13.0. The summed E-state index contributed by atoms with van der Waals surface area (Å²) in [6, 6.07) is 7.32. The summed E-state index contributed by atoms with van der Waals surface area (Å²) in [5.74, 6) is 0.762. The Hall–Kier alpha value is -2.70. The van der Waals surface area contributed by atoms with Crippen LogP contribution in [-0.4, -0.2) is 29.1 Å². The molecule has 7 nitrogen and oxygen atoms in total. The number of carbonyl (C=O) groups excluding carboxylic acids is 2. The van der Waals surface area contributed by atoms with E-state index in [1.54, 1.807) is 0 Å². The molecule has 1 unspecified atom stereocenters. The van der Waals surface area contributed by atoms with Crippen LogP contribution in [0, 0.1) is 6.92 Å². The van der Waals surface area contributed by atoms with Gasteiger partial charge < -0.3 is 14.6 Å². The fraction of sp³-hybridized carbons (Fsp3) is 0.500. The van der Waals surface area contributed by atoms with Crippen molar-refractivity contribution in [1.29, 1.82) is 0 Å². The van der Waals surface area contributed by atoms with E-state index in [9.17, 15) is 9.59 Å². The number of benzene rings is 1. The van der Waals surface area contributed by atoms with Crippen LogP contribution >= 0.6 is 0 Å². The number of aryl methyl sites for hydroxylation is 3. The summed E-state index contributed by atoms with van der Waals surface area (Å²) in [7, 11) is 1.34. The van der Waals surface area contributed by atoms with Gasteiger partial charge in [0.2, 0.25) is 11.8 Å². The number of esters is 1. The number of nitrogens with one attached hydrogen (secondary N) is 1. The summed E-state index contributed by atoms with van der Waals surface area (Å²) >= 11 is 0. The lowest BCUT2D eigenvalue weighted by Gasteiger charge is -2.18. The van der Waals surface area contributed by atoms with Crippen molar-refractivity contribution < 1.29 is 18.8 Å². The van der Waals surface area contributed by atoms with Crippen molar-refractivity contribution in [3.05, 3.63) is 47.1 Å². The molecule has 0 aliphatic heterocycles. The van der Waals surface area contributed by atoms with Gasteiger partial charge in [-0.25, -0.2) is 0 Å². The Kier molecular flexibility index (Phi) is 7.98. The number of carbonyl (C=O) groups is 2. The SMILES string of the molecule is CCCc1noc(CCCC(=O)NC(CC(=O)OC)c2ccc(C)cc2)n1. The lowest BCUT2D eigenvalue weighted by Crippen LogP contribution is -2.30. The van der Waals surface area contributed by atoms with Crippen LogP contribution in [0.3, 0.4) is 0 Å². The van der Waals surface area contributed by atoms with Gasteiger partial charge in [0, 0.05) is 19.3 Å². The van der Waals surface area contributed by atoms with Crippen LogP contribution in [0.1, 0.15) is 61.5 Å². The van der Waals surface area contributed by atoms with Gasteiger partial charge in [-0.2, -0.15) is 4.98 Å². The van der Waals surface area contributed by atoms with Crippen molar-refractivity contribution in [3.63, 3.8) is 0 Å². The molecule has 27 heavy (non-hydrogen) atoms. The van der Waals surface area contributed by atoms with Crippen molar-refractivity contribution in [3.8, 4) is 0 Å². The quantitative estimate of drug-likeness (QED) is 0.643. The molecule has 0 saturated heterocycles. The minimum Gasteiger partial charge on any atom is -0.469 e. The molecule has 1 aromatic heterocycles. The van der Waals surface area contributed by atoms with E-state index in [0.29, 0.717) is 31.0 Å². The second-order valence-electron chi connectivity index (χ2n) is 6.52. The Labute approximate surface area is 159 Å². The van der Waals surface area contributed by atoms with Crippen molar-refractivity contribution in [2.75, 3.05) is 7.11 Å². The molecular weight excluding hydrogens is 346 g/mol. The van der Waals surface area contributed by atoms with Gasteiger partial charge in [0.25, 0.3) is 0 Å². The summed E-state index contributed by atoms with van der Waals surface area (Å²) in [6.07, 6.45) is 3.30. The van der Waals surface area contributed by atoms with Crippen LogP contribution in [-0.2, 0) is 27.2 Å². The lowest BCUT2D eigenvalue weighted by molar-refractivity contribution is -0.141. The van der Waals surface area contributed by atoms with Gasteiger partial charge in [-0.3, -0.25) is 9.59 Å². The van der Waals surface area contributed by atoms with E-state index in [4.69, 9.17) is 9.26 Å². The molecule has 2 aromatic rings. The van der Waals surface area contributed by atoms with Gasteiger partial charge >= 0.3 is 5.97 Å². The van der Waals surface area contributed by atoms with E-state index in [-0.39, 0.29) is 18.3 Å². The van der Waals surface area contributed by atoms with Crippen LogP contribution in [0.25, 0.3) is 0 Å². The predicted molar refractivity (Wildman–Crippen MR) is 99.9 cm³/mol. The second-order valence-corrected chi connectivity index (χ2v) is 6.52. The fourth-order valence-corrected chi connectivity index (χ4v) is 2.68. The van der Waals surface area contributed by atoms with E-state index in [1.165, 1.54) is 7.11 Å². The average Bonchev–Trinajstić information content (AvgIpc) is 3.09. The topological polar surface area (TPSA) is 94.3 Å². The lowest BCUT2D eigenvalue weighted by atomic mass is 10.0. The summed E-state index contributed by atoms with van der Waals surface area (Å²) < 4.78 is 9.92. The van der Waals surface area contributed by atoms with Crippen LogP contribution in [0.2, 0.25) is 0 Å². The second kappa shape index (κ2) is 10.4. The van der Waals surface area contributed by atoms with Crippen molar-refractivity contribution in [2.24, 2.45) is 0 Å². The highest BCUT2D eigenvalue weighted by molar-refractivity contribution is 5.78. The molecule has 1 heterocycles. The molecule has 1 amide bonds. The number of nitrogens with zero attached hydrogens (tertiary/aromatic N) is 2. The predicted octanol–water partition coefficient (Wildman–Crippen LogP) is 3.07. The fourth-order valence-electron chi connectivity index (χ4n) is 2.68. The molecule has 0 bridgehead atoms. The van der Waals surface area contributed by atoms with Crippen molar-refractivity contribution >= 4 is 11.9 Å². The van der Waals surface area contributed by atoms with Gasteiger partial charge in [-0.15, -0.1) is 0 Å². The molecule has 0 aliphatic carbocycles. The summed E-state index contributed by atoms with van der Waals surface area (Å²) in [6.45, 7) is 4.04. The van der Waals surface area contributed by atoms with Gasteiger partial charge in [-0.1, -0.05) is 41.9 Å². The average molecular weight is 373 g/mol. The molecule has 1 atom stereocenters. The minimum absolute atomic E-state index is 0.0926. The van der Waals surface area contributed by atoms with Gasteiger partial charge in [0.1, 0.15) is 0 Å². The van der Waals surface area contributed by atoms with Crippen LogP contribution in [0.5, 0.6) is 0 Å². The van der Waals surface area contributed by atoms with E-state index >= 15 is 0 Å². The molecule has 2 rings (SSSR count). The molecule has 0 saturated carbocycles. The highest BCUT2D eigenvalue weighted by atomic mass is 16.5. The molecule has 0 fully saturated rings. The summed E-state index contributed by atoms with van der Waals surface area (Å²) in [5.41, 5.74) is 1.99. The normalized spacial score (nSPS) is 11.8. The van der Waals surface area contributed by atoms with Crippen LogP contribution < -0.4 is 5.32 Å². The summed E-state index contributed by atoms with van der Waals surface area (Å²) in [5, 5.41) is 6.83. The molecule has 0 radical (unpaired) electrons. The third-order valence-corrected chi connectivity index (χ3v) is 4.19. The minimum atomic E-state index is -0.412. The number of rotatable bonds is 10. The highest BCUT2D eigenvalue weighted by Crippen LogP contribution is 2.18. The molecular formula is C20H27N3O4. The largest absolute Gasteiger partial charge is 0.469 e. The third-order valence-electron chi connectivity index (χ3n) is 4.19. The maximum absolute atomic E-state index is 12.3. The Morgan fingerprint density at radius 1 is 1.22 bits per heavy atom. The van der Waals surface area contributed by atoms with Gasteiger partial charge in [-0.05, 0) is 25.3 Å². The number of aromatic nitrogens is 2. The highest BCUT2D eigenvalue weighted by Gasteiger charge is 2.19. The van der Waals surface area contributed by atoms with Crippen LogP contribution in [0.4, 0.5) is 0 Å². The Morgan fingerprint density at radius 2 is 1.96 bits per heavy atom. The van der Waals surface area contributed by atoms with Crippen LogP contribution in [0.15, 0.2) is 28.8 Å². The zero-order valence-electron chi connectivity index (χ0n) is 16.2. The molecule has 1 aromatic carbocycles. The summed E-state index contributed by atoms with van der Waals surface area (Å²) in [4.78, 5) is 28.3. The maximum Gasteiger partial charge on any atom is 0.307 e. The van der Waals surface area contributed by atoms with Gasteiger partial charge in [0.05, 0.1) is 19.6 Å². The monoisotopic (exact) mass is 373 g/mol. The van der Waals surface area contributed by atoms with E-state index in [0.717, 1.165) is 24.0 Å². The molecule has 0 aliphatic rings. The first-order valence-corrected chi connectivity index (χ1v) is 9.26. The Morgan fingerprint density at radius 3 is 2.63 bits per heavy atom. The number of hydrogen-bond acceptors (Lipinski definition) is 6. The number of amides is 1. The number of ether oxygens (including phenoxy) is 1. The molecule has 146 valence electrons. The van der Waals surface area contributed by atoms with E-state index in [2.05, 4.69) is 22.4 Å². The molecule has 1 N–H and O–H groups in total. The Bertz CT molecular complexity index is 740. The first kappa shape index (κ1) is 20.6. The van der Waals surface area contributed by atoms with E-state index in [1.807, 2.05) is 31.2 Å². The van der Waals surface area contributed by atoms with Crippen molar-refractivity contribution in [1.82, 2.24) is 15.5 Å². The Balaban J connectivity index is 1.88. The number of hydrogen-bond donors (Lipinski definition) is 1. The maximum atomic E-state index is 12.3. The molecule has 7 heteroatoms. The molecule has 0 spiro atoms. The zero-order chi connectivity index (χ0) is 19.6. The third kappa shape index (κ3) is 6.84. The van der Waals surface area contributed by atoms with Crippen molar-refractivity contribution in [2.45, 2.75) is 58.4 Å². The number of methoxy groups -OCH3 is 1. The smallest absolute Gasteiger partial charge is 0.307 e. The standard InChI is InChI=1S/C20H27N3O4/c1-4-6-17-22-19(27-23-17)8-5-7-18(24)21-16(13-20(25)26-3)15-11-9-14(2)10-12-15/h9-12,16H,4-8,13H2,1-3H3,(H,21,24). The zero-order valence-corrected chi connectivity index (χ0v) is 16.2. The van der Waals surface area contributed by atoms with E-state index < -0.39 is 6.04 Å². The first-order valence-electron chi connectivity index (χ1n) is 9.26. The van der Waals surface area contributed by atoms with Gasteiger partial charge in [0.15, 0.2) is 5.82 Å².